The Labute approximate surface area is 80.0 Å². The molecule has 5 heteroatoms. The van der Waals surface area contributed by atoms with E-state index in [0.29, 0.717) is 26.4 Å². The van der Waals surface area contributed by atoms with E-state index in [1.807, 2.05) is 22.6 Å². The van der Waals surface area contributed by atoms with Crippen molar-refractivity contribution >= 4 is 26.8 Å². The van der Waals surface area contributed by atoms with E-state index in [4.69, 9.17) is 14.3 Å². The van der Waals surface area contributed by atoms with Crippen LogP contribution in [-0.2, 0) is 14.3 Å². The Hall–Kier alpha value is 0.120. The molecule has 0 aromatic heterocycles. The molecule has 0 unspecified atom stereocenters. The van der Waals surface area contributed by atoms with Gasteiger partial charge in [-0.3, -0.25) is 0 Å². The van der Waals surface area contributed by atoms with Gasteiger partial charge in [0.1, 0.15) is 10.8 Å². The molecule has 66 valence electrons. The Morgan fingerprint density at radius 3 is 2.64 bits per heavy atom. The molecular formula is C6H12INO3. The van der Waals surface area contributed by atoms with Gasteiger partial charge in [-0.15, -0.1) is 0 Å². The Balaban J connectivity index is 2.79. The highest BCUT2D eigenvalue weighted by molar-refractivity contribution is 14.1. The van der Waals surface area contributed by atoms with E-state index in [2.05, 4.69) is 5.16 Å². The average molecular weight is 273 g/mol. The van der Waals surface area contributed by atoms with Crippen LogP contribution in [0.25, 0.3) is 0 Å². The fourth-order valence-electron chi connectivity index (χ4n) is 0.421. The van der Waals surface area contributed by atoms with E-state index in [0.717, 1.165) is 0 Å². The van der Waals surface area contributed by atoms with Gasteiger partial charge >= 0.3 is 0 Å². The molecular weight excluding hydrogens is 261 g/mol. The second-order valence-electron chi connectivity index (χ2n) is 1.64. The van der Waals surface area contributed by atoms with Crippen molar-refractivity contribution in [3.63, 3.8) is 0 Å². The van der Waals surface area contributed by atoms with Crippen LogP contribution < -0.4 is 0 Å². The van der Waals surface area contributed by atoms with Crippen LogP contribution in [0.1, 0.15) is 0 Å². The van der Waals surface area contributed by atoms with Gasteiger partial charge < -0.3 is 14.3 Å². The molecule has 0 saturated carbocycles. The molecule has 0 fully saturated rings. The molecule has 0 bridgehead atoms. The number of ether oxygens (including phenoxy) is 2. The quantitative estimate of drug-likeness (QED) is 0.301. The first-order chi connectivity index (χ1) is 5.41. The molecule has 0 saturated heterocycles. The van der Waals surface area contributed by atoms with Crippen LogP contribution in [0.5, 0.6) is 0 Å². The third-order valence-corrected chi connectivity index (χ3v) is 1.09. The summed E-state index contributed by atoms with van der Waals surface area (Å²) < 4.78 is 11.4. The number of oxime groups is 1. The number of halogens is 1. The lowest BCUT2D eigenvalue weighted by molar-refractivity contribution is 0.0271. The van der Waals surface area contributed by atoms with Gasteiger partial charge in [0.15, 0.2) is 0 Å². The van der Waals surface area contributed by atoms with E-state index in [1.165, 1.54) is 0 Å². The third-order valence-electron chi connectivity index (χ3n) is 0.865. The van der Waals surface area contributed by atoms with E-state index < -0.39 is 0 Å². The molecule has 0 aliphatic heterocycles. The zero-order valence-corrected chi connectivity index (χ0v) is 8.61. The number of rotatable bonds is 7. The number of methoxy groups -OCH3 is 1. The number of hydrogen-bond acceptors (Lipinski definition) is 4. The summed E-state index contributed by atoms with van der Waals surface area (Å²) in [6.07, 6.45) is 0. The lowest BCUT2D eigenvalue weighted by Crippen LogP contribution is -2.06. The Morgan fingerprint density at radius 2 is 2.00 bits per heavy atom. The minimum atomic E-state index is 0.489. The van der Waals surface area contributed by atoms with Gasteiger partial charge in [0, 0.05) is 7.11 Å². The second kappa shape index (κ2) is 10.1. The summed E-state index contributed by atoms with van der Waals surface area (Å²) in [5.74, 6) is 0. The summed E-state index contributed by atoms with van der Waals surface area (Å²) in [6, 6.07) is 0. The summed E-state index contributed by atoms with van der Waals surface area (Å²) in [6.45, 7) is 2.27. The predicted molar refractivity (Wildman–Crippen MR) is 51.2 cm³/mol. The minimum absolute atomic E-state index is 0.489. The number of nitrogens with zero attached hydrogens (tertiary/aromatic N) is 1. The van der Waals surface area contributed by atoms with E-state index >= 15 is 0 Å². The summed E-state index contributed by atoms with van der Waals surface area (Å²) in [5.41, 5.74) is 0. The molecule has 0 radical (unpaired) electrons. The highest BCUT2D eigenvalue weighted by Crippen LogP contribution is 1.80. The van der Waals surface area contributed by atoms with Crippen LogP contribution in [-0.4, -0.2) is 37.8 Å². The van der Waals surface area contributed by atoms with Crippen molar-refractivity contribution in [1.82, 2.24) is 0 Å². The average Bonchev–Trinajstić information content (AvgIpc) is 2.03. The monoisotopic (exact) mass is 273 g/mol. The van der Waals surface area contributed by atoms with E-state index in [1.54, 1.807) is 11.3 Å². The van der Waals surface area contributed by atoms with Crippen molar-refractivity contribution < 1.29 is 14.3 Å². The molecule has 11 heavy (non-hydrogen) atoms. The SMILES string of the molecule is COCCOCCO/N=C/I. The highest BCUT2D eigenvalue weighted by atomic mass is 127. The van der Waals surface area contributed by atoms with Crippen LogP contribution in [0.2, 0.25) is 0 Å². The second-order valence-corrected chi connectivity index (χ2v) is 2.20. The maximum absolute atomic E-state index is 5.09. The minimum Gasteiger partial charge on any atom is -0.393 e. The first-order valence-electron chi connectivity index (χ1n) is 3.22. The zero-order chi connectivity index (χ0) is 8.36. The first-order valence-corrected chi connectivity index (χ1v) is 4.47. The van der Waals surface area contributed by atoms with Gasteiger partial charge in [0.05, 0.1) is 19.8 Å². The predicted octanol–water partition coefficient (Wildman–Crippen LogP) is 1.04. The van der Waals surface area contributed by atoms with Gasteiger partial charge in [-0.05, 0) is 22.6 Å². The van der Waals surface area contributed by atoms with E-state index in [9.17, 15) is 0 Å². The molecule has 4 nitrogen and oxygen atoms in total. The Kier molecular flexibility index (Phi) is 10.2. The van der Waals surface area contributed by atoms with Crippen LogP contribution in [0.3, 0.4) is 0 Å². The van der Waals surface area contributed by atoms with Crippen LogP contribution in [0.4, 0.5) is 0 Å². The smallest absolute Gasteiger partial charge is 0.140 e. The Morgan fingerprint density at radius 1 is 1.27 bits per heavy atom. The maximum atomic E-state index is 5.09. The topological polar surface area (TPSA) is 40.0 Å². The van der Waals surface area contributed by atoms with E-state index in [-0.39, 0.29) is 0 Å². The van der Waals surface area contributed by atoms with Gasteiger partial charge in [-0.1, -0.05) is 5.16 Å². The summed E-state index contributed by atoms with van der Waals surface area (Å²) in [4.78, 5) is 4.76. The van der Waals surface area contributed by atoms with Gasteiger partial charge in [0.25, 0.3) is 0 Å². The standard InChI is InChI=1S/C6H12INO3/c1-9-2-3-10-4-5-11-8-6-7/h6H,2-5H2,1H3/b8-6+. The number of hydrogen-bond donors (Lipinski definition) is 0. The Bertz CT molecular complexity index is 99.8. The molecule has 0 heterocycles. The molecule has 0 amide bonds. The van der Waals surface area contributed by atoms with Gasteiger partial charge in [-0.25, -0.2) is 0 Å². The fraction of sp³-hybridized carbons (Fsp3) is 0.833. The molecule has 0 spiro atoms. The molecule has 0 N–H and O–H groups in total. The normalized spacial score (nSPS) is 10.7. The lowest BCUT2D eigenvalue weighted by Gasteiger charge is -2.01. The van der Waals surface area contributed by atoms with Crippen LogP contribution in [0, 0.1) is 0 Å². The van der Waals surface area contributed by atoms with Crippen molar-refractivity contribution in [2.75, 3.05) is 33.5 Å². The van der Waals surface area contributed by atoms with Crippen molar-refractivity contribution in [3.05, 3.63) is 0 Å². The lowest BCUT2D eigenvalue weighted by atomic mass is 10.7. The molecule has 0 aliphatic carbocycles. The summed E-state index contributed by atoms with van der Waals surface area (Å²) in [7, 11) is 1.64. The summed E-state index contributed by atoms with van der Waals surface area (Å²) in [5, 5.41) is 3.54. The first kappa shape index (κ1) is 11.1. The van der Waals surface area contributed by atoms with Crippen molar-refractivity contribution in [2.45, 2.75) is 0 Å². The largest absolute Gasteiger partial charge is 0.393 e. The van der Waals surface area contributed by atoms with Gasteiger partial charge in [-0.2, -0.15) is 0 Å². The molecule has 0 aromatic carbocycles. The molecule has 0 rings (SSSR count). The van der Waals surface area contributed by atoms with Crippen LogP contribution in [0.15, 0.2) is 5.16 Å². The molecule has 0 aliphatic rings. The molecule has 0 atom stereocenters. The third kappa shape index (κ3) is 10.1. The fourth-order valence-corrected chi connectivity index (χ4v) is 0.582. The van der Waals surface area contributed by atoms with Crippen LogP contribution >= 0.6 is 22.6 Å². The van der Waals surface area contributed by atoms with Crippen molar-refractivity contribution in [3.8, 4) is 0 Å². The van der Waals surface area contributed by atoms with Crippen molar-refractivity contribution in [2.24, 2.45) is 5.16 Å². The maximum Gasteiger partial charge on any atom is 0.140 e. The summed E-state index contributed by atoms with van der Waals surface area (Å²) >= 11 is 1.98. The van der Waals surface area contributed by atoms with Crippen molar-refractivity contribution in [1.29, 1.82) is 0 Å². The highest BCUT2D eigenvalue weighted by Gasteiger charge is 1.86. The zero-order valence-electron chi connectivity index (χ0n) is 6.46. The van der Waals surface area contributed by atoms with Gasteiger partial charge in [0.2, 0.25) is 0 Å². The molecule has 0 aromatic rings.